The maximum Gasteiger partial charge on any atom is 0.270 e. The highest BCUT2D eigenvalue weighted by Crippen LogP contribution is 2.27. The molecule has 0 bridgehead atoms. The van der Waals surface area contributed by atoms with Crippen molar-refractivity contribution in [3.8, 4) is 0 Å². The largest absolute Gasteiger partial charge is 0.378 e. The smallest absolute Gasteiger partial charge is 0.270 e. The number of amides is 1. The highest BCUT2D eigenvalue weighted by molar-refractivity contribution is 6.00. The predicted molar refractivity (Wildman–Crippen MR) is 98.5 cm³/mol. The van der Waals surface area contributed by atoms with E-state index in [1.165, 1.54) is 12.1 Å². The third-order valence-electron chi connectivity index (χ3n) is 4.43. The van der Waals surface area contributed by atoms with Gasteiger partial charge in [0.25, 0.3) is 11.6 Å². The van der Waals surface area contributed by atoms with Crippen LogP contribution in [0.1, 0.15) is 28.9 Å². The fraction of sp³-hybridized carbons (Fsp3) is 0.316. The average molecular weight is 355 g/mol. The van der Waals surface area contributed by atoms with Crippen LogP contribution in [-0.4, -0.2) is 37.1 Å². The molecule has 1 aliphatic heterocycles. The molecule has 1 amide bonds. The SMILES string of the molecule is C[C@H](NC(=O)c1cc([N+](=O)[O-])ccc1N1CCOCC1)c1ccccc1. The molecule has 1 N–H and O–H groups in total. The molecule has 1 fully saturated rings. The Labute approximate surface area is 151 Å². The Bertz CT molecular complexity index is 789. The molecule has 1 atom stereocenters. The Morgan fingerprint density at radius 2 is 1.88 bits per heavy atom. The van der Waals surface area contributed by atoms with Crippen LogP contribution in [0.25, 0.3) is 0 Å². The lowest BCUT2D eigenvalue weighted by Gasteiger charge is -2.30. The number of anilines is 1. The second-order valence-electron chi connectivity index (χ2n) is 6.16. The molecule has 0 unspecified atom stereocenters. The van der Waals surface area contributed by atoms with Crippen LogP contribution in [0.2, 0.25) is 0 Å². The monoisotopic (exact) mass is 355 g/mol. The van der Waals surface area contributed by atoms with E-state index >= 15 is 0 Å². The molecule has 0 aliphatic carbocycles. The molecule has 1 saturated heterocycles. The summed E-state index contributed by atoms with van der Waals surface area (Å²) in [6, 6.07) is 13.8. The highest BCUT2D eigenvalue weighted by atomic mass is 16.6. The Balaban J connectivity index is 1.88. The molecule has 7 nitrogen and oxygen atoms in total. The van der Waals surface area contributed by atoms with Gasteiger partial charge in [-0.25, -0.2) is 0 Å². The van der Waals surface area contributed by atoms with Crippen LogP contribution in [0.5, 0.6) is 0 Å². The number of carbonyl (C=O) groups is 1. The van der Waals surface area contributed by atoms with E-state index in [4.69, 9.17) is 4.74 Å². The molecule has 26 heavy (non-hydrogen) atoms. The highest BCUT2D eigenvalue weighted by Gasteiger charge is 2.23. The van der Waals surface area contributed by atoms with E-state index in [2.05, 4.69) is 5.32 Å². The van der Waals surface area contributed by atoms with Gasteiger partial charge < -0.3 is 15.0 Å². The Kier molecular flexibility index (Phi) is 5.48. The Morgan fingerprint density at radius 3 is 2.54 bits per heavy atom. The van der Waals surface area contributed by atoms with Crippen LogP contribution in [0, 0.1) is 10.1 Å². The van der Waals surface area contributed by atoms with Gasteiger partial charge in [0.15, 0.2) is 0 Å². The van der Waals surface area contributed by atoms with Gasteiger partial charge in [-0.15, -0.1) is 0 Å². The molecule has 3 rings (SSSR count). The number of nitro groups is 1. The van der Waals surface area contributed by atoms with Crippen LogP contribution in [0.3, 0.4) is 0 Å². The van der Waals surface area contributed by atoms with Gasteiger partial charge in [0.2, 0.25) is 0 Å². The summed E-state index contributed by atoms with van der Waals surface area (Å²) in [6.07, 6.45) is 0. The van der Waals surface area contributed by atoms with Gasteiger partial charge in [-0.1, -0.05) is 30.3 Å². The topological polar surface area (TPSA) is 84.7 Å². The number of morpholine rings is 1. The lowest BCUT2D eigenvalue weighted by Crippen LogP contribution is -2.38. The summed E-state index contributed by atoms with van der Waals surface area (Å²) in [5.41, 5.74) is 1.87. The number of nitrogens with one attached hydrogen (secondary N) is 1. The Morgan fingerprint density at radius 1 is 1.19 bits per heavy atom. The number of ether oxygens (including phenoxy) is 1. The summed E-state index contributed by atoms with van der Waals surface area (Å²) < 4.78 is 5.36. The van der Waals surface area contributed by atoms with Gasteiger partial charge in [0.05, 0.1) is 35.4 Å². The predicted octanol–water partition coefficient (Wildman–Crippen LogP) is 2.92. The Hall–Kier alpha value is -2.93. The normalized spacial score (nSPS) is 15.3. The first-order chi connectivity index (χ1) is 12.6. The van der Waals surface area contributed by atoms with Crippen molar-refractivity contribution in [3.05, 3.63) is 69.8 Å². The number of carbonyl (C=O) groups excluding carboxylic acids is 1. The number of rotatable bonds is 5. The maximum atomic E-state index is 12.9. The van der Waals surface area contributed by atoms with Gasteiger partial charge in [-0.2, -0.15) is 0 Å². The van der Waals surface area contributed by atoms with Crippen LogP contribution in [0.15, 0.2) is 48.5 Å². The van der Waals surface area contributed by atoms with Gasteiger partial charge >= 0.3 is 0 Å². The zero-order valence-corrected chi connectivity index (χ0v) is 14.6. The molecule has 0 spiro atoms. The van der Waals surface area contributed by atoms with E-state index in [0.29, 0.717) is 37.6 Å². The van der Waals surface area contributed by atoms with Crippen molar-refractivity contribution in [2.75, 3.05) is 31.2 Å². The maximum absolute atomic E-state index is 12.9. The van der Waals surface area contributed by atoms with Crippen molar-refractivity contribution in [2.45, 2.75) is 13.0 Å². The van der Waals surface area contributed by atoms with Crippen LogP contribution in [-0.2, 0) is 4.74 Å². The second kappa shape index (κ2) is 7.97. The molecule has 1 heterocycles. The zero-order valence-electron chi connectivity index (χ0n) is 14.6. The van der Waals surface area contributed by atoms with Crippen molar-refractivity contribution in [1.29, 1.82) is 0 Å². The summed E-state index contributed by atoms with van der Waals surface area (Å²) in [7, 11) is 0. The van der Waals surface area contributed by atoms with Crippen molar-refractivity contribution >= 4 is 17.3 Å². The van der Waals surface area contributed by atoms with Gasteiger partial charge in [0, 0.05) is 25.2 Å². The van der Waals surface area contributed by atoms with E-state index in [0.717, 1.165) is 5.56 Å². The molecular formula is C19H21N3O4. The van der Waals surface area contributed by atoms with E-state index in [9.17, 15) is 14.9 Å². The van der Waals surface area contributed by atoms with Gasteiger partial charge in [-0.3, -0.25) is 14.9 Å². The van der Waals surface area contributed by atoms with Crippen molar-refractivity contribution in [3.63, 3.8) is 0 Å². The molecule has 1 aliphatic rings. The minimum Gasteiger partial charge on any atom is -0.378 e. The molecule has 0 aromatic heterocycles. The van der Waals surface area contributed by atoms with E-state index in [1.54, 1.807) is 6.07 Å². The van der Waals surface area contributed by atoms with Gasteiger partial charge in [0.1, 0.15) is 0 Å². The van der Waals surface area contributed by atoms with E-state index in [-0.39, 0.29) is 17.6 Å². The molecular weight excluding hydrogens is 334 g/mol. The first-order valence-corrected chi connectivity index (χ1v) is 8.53. The van der Waals surface area contributed by atoms with Gasteiger partial charge in [-0.05, 0) is 18.6 Å². The number of benzene rings is 2. The van der Waals surface area contributed by atoms with Crippen LogP contribution < -0.4 is 10.2 Å². The van der Waals surface area contributed by atoms with Crippen molar-refractivity contribution in [1.82, 2.24) is 5.32 Å². The number of hydrogen-bond acceptors (Lipinski definition) is 5. The van der Waals surface area contributed by atoms with Crippen molar-refractivity contribution in [2.24, 2.45) is 0 Å². The second-order valence-corrected chi connectivity index (χ2v) is 6.16. The molecule has 0 saturated carbocycles. The van der Waals surface area contributed by atoms with E-state index in [1.807, 2.05) is 42.2 Å². The van der Waals surface area contributed by atoms with Crippen molar-refractivity contribution < 1.29 is 14.5 Å². The molecule has 2 aromatic carbocycles. The quantitative estimate of drug-likeness (QED) is 0.658. The summed E-state index contributed by atoms with van der Waals surface area (Å²) in [4.78, 5) is 25.6. The van der Waals surface area contributed by atoms with Crippen LogP contribution >= 0.6 is 0 Å². The fourth-order valence-corrected chi connectivity index (χ4v) is 3.00. The third-order valence-corrected chi connectivity index (χ3v) is 4.43. The molecule has 2 aromatic rings. The third kappa shape index (κ3) is 4.00. The van der Waals surface area contributed by atoms with Crippen LogP contribution in [0.4, 0.5) is 11.4 Å². The summed E-state index contributed by atoms with van der Waals surface area (Å²) >= 11 is 0. The van der Waals surface area contributed by atoms with E-state index < -0.39 is 4.92 Å². The number of nitrogens with zero attached hydrogens (tertiary/aromatic N) is 2. The zero-order chi connectivity index (χ0) is 18.5. The standard InChI is InChI=1S/C19H21N3O4/c1-14(15-5-3-2-4-6-15)20-19(23)17-13-16(22(24)25)7-8-18(17)21-9-11-26-12-10-21/h2-8,13-14H,9-12H2,1H3,(H,20,23)/t14-/m0/s1. The molecule has 7 heteroatoms. The number of nitro benzene ring substituents is 1. The summed E-state index contributed by atoms with van der Waals surface area (Å²) in [6.45, 7) is 4.31. The average Bonchev–Trinajstić information content (AvgIpc) is 2.68. The number of hydrogen-bond donors (Lipinski definition) is 1. The molecule has 0 radical (unpaired) electrons. The first-order valence-electron chi connectivity index (χ1n) is 8.53. The number of non-ortho nitro benzene ring substituents is 1. The minimum absolute atomic E-state index is 0.0977. The minimum atomic E-state index is -0.486. The summed E-state index contributed by atoms with van der Waals surface area (Å²) in [5.74, 6) is -0.327. The first kappa shape index (κ1) is 17.9. The fourth-order valence-electron chi connectivity index (χ4n) is 3.00. The lowest BCUT2D eigenvalue weighted by atomic mass is 10.1. The lowest BCUT2D eigenvalue weighted by molar-refractivity contribution is -0.384. The summed E-state index contributed by atoms with van der Waals surface area (Å²) in [5, 5.41) is 14.1. The molecule has 136 valence electrons.